The number of nitrogens with zero attached hydrogens (tertiary/aromatic N) is 1. The van der Waals surface area contributed by atoms with Crippen LogP contribution in [0.2, 0.25) is 0 Å². The minimum Gasteiger partial charge on any atom is -0.497 e. The first kappa shape index (κ1) is 13.8. The van der Waals surface area contributed by atoms with Crippen LogP contribution in [-0.2, 0) is 0 Å². The fourth-order valence-electron chi connectivity index (χ4n) is 1.91. The van der Waals surface area contributed by atoms with Gasteiger partial charge in [0.25, 0.3) is 5.69 Å². The van der Waals surface area contributed by atoms with Crippen LogP contribution in [0.1, 0.15) is 31.7 Å². The highest BCUT2D eigenvalue weighted by atomic mass is 35.5. The number of hydrogen-bond donors (Lipinski definition) is 0. The SMILES string of the molecule is CCC(c1cc(OC)ccc1[N+](=O)[O-])C(C)Cl. The van der Waals surface area contributed by atoms with Crippen molar-refractivity contribution in [1.29, 1.82) is 0 Å². The van der Waals surface area contributed by atoms with Crippen LogP contribution in [0.25, 0.3) is 0 Å². The van der Waals surface area contributed by atoms with E-state index in [0.29, 0.717) is 11.3 Å². The van der Waals surface area contributed by atoms with Crippen molar-refractivity contribution in [2.24, 2.45) is 0 Å². The Hall–Kier alpha value is -1.29. The van der Waals surface area contributed by atoms with Crippen LogP contribution in [0.15, 0.2) is 18.2 Å². The van der Waals surface area contributed by atoms with Gasteiger partial charge in [-0.1, -0.05) is 6.92 Å². The van der Waals surface area contributed by atoms with Gasteiger partial charge in [-0.25, -0.2) is 0 Å². The largest absolute Gasteiger partial charge is 0.497 e. The van der Waals surface area contributed by atoms with Crippen molar-refractivity contribution in [1.82, 2.24) is 0 Å². The van der Waals surface area contributed by atoms with Crippen molar-refractivity contribution in [3.8, 4) is 5.75 Å². The second-order valence-electron chi connectivity index (χ2n) is 3.87. The van der Waals surface area contributed by atoms with Gasteiger partial charge in [-0.15, -0.1) is 11.6 Å². The maximum atomic E-state index is 11.0. The zero-order chi connectivity index (χ0) is 13.0. The lowest BCUT2D eigenvalue weighted by atomic mass is 9.92. The van der Waals surface area contributed by atoms with Crippen LogP contribution in [0.5, 0.6) is 5.75 Å². The van der Waals surface area contributed by atoms with E-state index < -0.39 is 0 Å². The van der Waals surface area contributed by atoms with E-state index in [1.54, 1.807) is 12.1 Å². The van der Waals surface area contributed by atoms with Crippen LogP contribution in [0, 0.1) is 10.1 Å². The van der Waals surface area contributed by atoms with Gasteiger partial charge in [-0.2, -0.15) is 0 Å². The normalized spacial score (nSPS) is 14.1. The molecule has 0 saturated carbocycles. The first-order valence-corrected chi connectivity index (χ1v) is 5.91. The number of rotatable bonds is 5. The predicted octanol–water partition coefficient (Wildman–Crippen LogP) is 3.72. The van der Waals surface area contributed by atoms with Crippen molar-refractivity contribution < 1.29 is 9.66 Å². The molecule has 4 nitrogen and oxygen atoms in total. The molecule has 5 heteroatoms. The highest BCUT2D eigenvalue weighted by molar-refractivity contribution is 6.20. The van der Waals surface area contributed by atoms with Gasteiger partial charge in [0.15, 0.2) is 0 Å². The smallest absolute Gasteiger partial charge is 0.273 e. The first-order valence-electron chi connectivity index (χ1n) is 5.47. The van der Waals surface area contributed by atoms with E-state index in [4.69, 9.17) is 16.3 Å². The lowest BCUT2D eigenvalue weighted by Crippen LogP contribution is -2.11. The molecule has 1 aromatic rings. The summed E-state index contributed by atoms with van der Waals surface area (Å²) >= 11 is 6.09. The molecule has 0 heterocycles. The molecule has 0 aromatic heterocycles. The number of benzene rings is 1. The highest BCUT2D eigenvalue weighted by Gasteiger charge is 2.25. The zero-order valence-electron chi connectivity index (χ0n) is 10.1. The summed E-state index contributed by atoms with van der Waals surface area (Å²) in [5.74, 6) is 0.563. The molecule has 0 N–H and O–H groups in total. The van der Waals surface area contributed by atoms with Crippen molar-refractivity contribution in [2.75, 3.05) is 7.11 Å². The number of hydrogen-bond acceptors (Lipinski definition) is 3. The van der Waals surface area contributed by atoms with Gasteiger partial charge in [-0.05, 0) is 25.5 Å². The topological polar surface area (TPSA) is 52.4 Å². The number of nitro benzene ring substituents is 1. The van der Waals surface area contributed by atoms with Gasteiger partial charge < -0.3 is 4.74 Å². The Morgan fingerprint density at radius 3 is 2.59 bits per heavy atom. The van der Waals surface area contributed by atoms with E-state index in [1.807, 2.05) is 13.8 Å². The molecule has 0 spiro atoms. The molecule has 0 aliphatic carbocycles. The van der Waals surface area contributed by atoms with Crippen LogP contribution >= 0.6 is 11.6 Å². The van der Waals surface area contributed by atoms with E-state index in [1.165, 1.54) is 13.2 Å². The van der Waals surface area contributed by atoms with Crippen LogP contribution in [0.4, 0.5) is 5.69 Å². The number of ether oxygens (including phenoxy) is 1. The van der Waals surface area contributed by atoms with Gasteiger partial charge in [-0.3, -0.25) is 10.1 Å². The average Bonchev–Trinajstić information content (AvgIpc) is 2.29. The minimum absolute atomic E-state index is 0.0489. The molecule has 2 unspecified atom stereocenters. The molecular weight excluding hydrogens is 242 g/mol. The van der Waals surface area contributed by atoms with Crippen molar-refractivity contribution in [2.45, 2.75) is 31.6 Å². The lowest BCUT2D eigenvalue weighted by Gasteiger charge is -2.18. The third-order valence-corrected chi connectivity index (χ3v) is 3.13. The number of methoxy groups -OCH3 is 1. The number of alkyl halides is 1. The molecule has 17 heavy (non-hydrogen) atoms. The van der Waals surface area contributed by atoms with Crippen molar-refractivity contribution in [3.63, 3.8) is 0 Å². The second-order valence-corrected chi connectivity index (χ2v) is 4.56. The predicted molar refractivity (Wildman–Crippen MR) is 68.0 cm³/mol. The molecular formula is C12H16ClNO3. The summed E-state index contributed by atoms with van der Waals surface area (Å²) in [5.41, 5.74) is 0.740. The fourth-order valence-corrected chi connectivity index (χ4v) is 2.23. The molecule has 0 aliphatic rings. The quantitative estimate of drug-likeness (QED) is 0.459. The average molecular weight is 258 g/mol. The molecule has 94 valence electrons. The second kappa shape index (κ2) is 5.87. The Bertz CT molecular complexity index is 407. The maximum absolute atomic E-state index is 11.0. The van der Waals surface area contributed by atoms with Crippen LogP contribution in [0.3, 0.4) is 0 Å². The third-order valence-electron chi connectivity index (χ3n) is 2.83. The number of halogens is 1. The van der Waals surface area contributed by atoms with Gasteiger partial charge in [0, 0.05) is 22.9 Å². The summed E-state index contributed by atoms with van der Waals surface area (Å²) in [6.45, 7) is 3.81. The van der Waals surface area contributed by atoms with E-state index in [-0.39, 0.29) is 21.9 Å². The summed E-state index contributed by atoms with van der Waals surface area (Å²) < 4.78 is 5.10. The summed E-state index contributed by atoms with van der Waals surface area (Å²) in [7, 11) is 1.54. The van der Waals surface area contributed by atoms with E-state index in [0.717, 1.165) is 6.42 Å². The van der Waals surface area contributed by atoms with Gasteiger partial charge >= 0.3 is 0 Å². The van der Waals surface area contributed by atoms with Crippen molar-refractivity contribution in [3.05, 3.63) is 33.9 Å². The monoisotopic (exact) mass is 257 g/mol. The van der Waals surface area contributed by atoms with Crippen molar-refractivity contribution >= 4 is 17.3 Å². The standard InChI is InChI=1S/C12H16ClNO3/c1-4-10(8(2)13)11-7-9(17-3)5-6-12(11)14(15)16/h5-8,10H,4H2,1-3H3. The van der Waals surface area contributed by atoms with Crippen LogP contribution < -0.4 is 4.74 Å². The molecule has 0 bridgehead atoms. The van der Waals surface area contributed by atoms with Gasteiger partial charge in [0.1, 0.15) is 5.75 Å². The molecule has 0 amide bonds. The molecule has 0 radical (unpaired) electrons. The molecule has 1 aromatic carbocycles. The first-order chi connectivity index (χ1) is 8.01. The zero-order valence-corrected chi connectivity index (χ0v) is 10.9. The maximum Gasteiger partial charge on any atom is 0.273 e. The lowest BCUT2D eigenvalue weighted by molar-refractivity contribution is -0.385. The van der Waals surface area contributed by atoms with Crippen LogP contribution in [-0.4, -0.2) is 17.4 Å². The third kappa shape index (κ3) is 3.09. The van der Waals surface area contributed by atoms with Gasteiger partial charge in [0.05, 0.1) is 12.0 Å². The molecule has 0 saturated heterocycles. The van der Waals surface area contributed by atoms with E-state index in [2.05, 4.69) is 0 Å². The Labute approximate surface area is 106 Å². The number of nitro groups is 1. The van der Waals surface area contributed by atoms with Gasteiger partial charge in [0.2, 0.25) is 0 Å². The molecule has 1 rings (SSSR count). The Kier molecular flexibility index (Phi) is 4.75. The molecule has 2 atom stereocenters. The highest BCUT2D eigenvalue weighted by Crippen LogP contribution is 2.35. The summed E-state index contributed by atoms with van der Waals surface area (Å²) in [4.78, 5) is 10.6. The summed E-state index contributed by atoms with van der Waals surface area (Å²) in [6.07, 6.45) is 0.749. The Morgan fingerprint density at radius 2 is 2.18 bits per heavy atom. The van der Waals surface area contributed by atoms with E-state index >= 15 is 0 Å². The fraction of sp³-hybridized carbons (Fsp3) is 0.500. The Morgan fingerprint density at radius 1 is 1.53 bits per heavy atom. The Balaban J connectivity index is 3.29. The summed E-state index contributed by atoms with van der Waals surface area (Å²) in [6, 6.07) is 4.76. The summed E-state index contributed by atoms with van der Waals surface area (Å²) in [5, 5.41) is 10.8. The molecule has 0 fully saturated rings. The molecule has 0 aliphatic heterocycles. The van der Waals surface area contributed by atoms with E-state index in [9.17, 15) is 10.1 Å². The minimum atomic E-state index is -0.378.